The van der Waals surface area contributed by atoms with Gasteiger partial charge in [-0.2, -0.15) is 4.98 Å². The van der Waals surface area contributed by atoms with Crippen molar-refractivity contribution in [2.45, 2.75) is 19.8 Å². The molecule has 0 aliphatic carbocycles. The lowest BCUT2D eigenvalue weighted by Gasteiger charge is -2.11. The number of rotatable bonds is 3. The lowest BCUT2D eigenvalue weighted by atomic mass is 10.0. The van der Waals surface area contributed by atoms with Gasteiger partial charge in [0.2, 0.25) is 5.95 Å². The maximum absolute atomic E-state index is 5.95. The van der Waals surface area contributed by atoms with Crippen LogP contribution >= 0.6 is 0 Å². The first-order valence-electron chi connectivity index (χ1n) is 5.69. The average molecular weight is 228 g/mol. The quantitative estimate of drug-likeness (QED) is 0.844. The fourth-order valence-electron chi connectivity index (χ4n) is 1.88. The molecule has 4 N–H and O–H groups in total. The van der Waals surface area contributed by atoms with Crippen LogP contribution in [-0.4, -0.2) is 9.97 Å². The van der Waals surface area contributed by atoms with Crippen LogP contribution in [0.3, 0.4) is 0 Å². The molecule has 0 bridgehead atoms. The molecule has 88 valence electrons. The SMILES string of the molecule is CCCc1nc(N)nc(N)c1-c1ccccc1. The highest BCUT2D eigenvalue weighted by molar-refractivity contribution is 5.76. The minimum absolute atomic E-state index is 0.241. The summed E-state index contributed by atoms with van der Waals surface area (Å²) in [6.07, 6.45) is 1.84. The van der Waals surface area contributed by atoms with Crippen molar-refractivity contribution in [3.63, 3.8) is 0 Å². The maximum atomic E-state index is 5.95. The van der Waals surface area contributed by atoms with Gasteiger partial charge < -0.3 is 11.5 Å². The summed E-state index contributed by atoms with van der Waals surface area (Å²) in [5, 5.41) is 0. The molecule has 0 spiro atoms. The minimum atomic E-state index is 0.241. The molecule has 0 amide bonds. The summed E-state index contributed by atoms with van der Waals surface area (Å²) in [5.74, 6) is 0.692. The van der Waals surface area contributed by atoms with Crippen molar-refractivity contribution in [2.24, 2.45) is 0 Å². The number of anilines is 2. The number of nitrogens with zero attached hydrogens (tertiary/aromatic N) is 2. The number of aromatic nitrogens is 2. The van der Waals surface area contributed by atoms with Gasteiger partial charge in [-0.15, -0.1) is 0 Å². The van der Waals surface area contributed by atoms with Gasteiger partial charge in [0, 0.05) is 5.56 Å². The minimum Gasteiger partial charge on any atom is -0.383 e. The van der Waals surface area contributed by atoms with Crippen molar-refractivity contribution < 1.29 is 0 Å². The van der Waals surface area contributed by atoms with Gasteiger partial charge in [-0.3, -0.25) is 0 Å². The van der Waals surface area contributed by atoms with E-state index in [4.69, 9.17) is 11.5 Å². The smallest absolute Gasteiger partial charge is 0.222 e. The molecule has 1 heterocycles. The van der Waals surface area contributed by atoms with Crippen LogP contribution in [0.1, 0.15) is 19.0 Å². The van der Waals surface area contributed by atoms with Crippen molar-refractivity contribution in [1.29, 1.82) is 0 Å². The maximum Gasteiger partial charge on any atom is 0.222 e. The molecule has 0 radical (unpaired) electrons. The van der Waals surface area contributed by atoms with E-state index >= 15 is 0 Å². The molecular formula is C13H16N4. The van der Waals surface area contributed by atoms with Crippen LogP contribution < -0.4 is 11.5 Å². The molecule has 0 aliphatic rings. The standard InChI is InChI=1S/C13H16N4/c1-2-6-10-11(9-7-4-3-5-8-9)12(14)17-13(15)16-10/h3-5,7-8H,2,6H2,1H3,(H4,14,15,16,17). The number of benzene rings is 1. The van der Waals surface area contributed by atoms with Gasteiger partial charge in [-0.05, 0) is 12.0 Å². The van der Waals surface area contributed by atoms with Crippen LogP contribution in [0.15, 0.2) is 30.3 Å². The van der Waals surface area contributed by atoms with Crippen LogP contribution in [-0.2, 0) is 6.42 Å². The second-order valence-corrected chi connectivity index (χ2v) is 3.90. The molecule has 0 aliphatic heterocycles. The lowest BCUT2D eigenvalue weighted by Crippen LogP contribution is -2.06. The molecule has 1 aromatic carbocycles. The Labute approximate surface area is 101 Å². The Balaban J connectivity index is 2.59. The largest absolute Gasteiger partial charge is 0.383 e. The summed E-state index contributed by atoms with van der Waals surface area (Å²) < 4.78 is 0. The second kappa shape index (κ2) is 4.82. The number of nitrogen functional groups attached to an aromatic ring is 2. The van der Waals surface area contributed by atoms with Gasteiger partial charge in [-0.1, -0.05) is 43.7 Å². The highest BCUT2D eigenvalue weighted by Crippen LogP contribution is 2.28. The molecule has 2 aromatic rings. The Morgan fingerprint density at radius 3 is 2.41 bits per heavy atom. The van der Waals surface area contributed by atoms with Gasteiger partial charge in [0.1, 0.15) is 5.82 Å². The zero-order valence-corrected chi connectivity index (χ0v) is 9.85. The molecule has 0 saturated carbocycles. The predicted octanol–water partition coefficient (Wildman–Crippen LogP) is 2.26. The normalized spacial score (nSPS) is 10.4. The van der Waals surface area contributed by atoms with Crippen molar-refractivity contribution >= 4 is 11.8 Å². The van der Waals surface area contributed by atoms with Crippen LogP contribution in [0.25, 0.3) is 11.1 Å². The van der Waals surface area contributed by atoms with Crippen LogP contribution in [0, 0.1) is 0 Å². The highest BCUT2D eigenvalue weighted by atomic mass is 15.0. The number of aryl methyl sites for hydroxylation is 1. The Kier molecular flexibility index (Phi) is 3.23. The topological polar surface area (TPSA) is 77.8 Å². The zero-order valence-electron chi connectivity index (χ0n) is 9.85. The van der Waals surface area contributed by atoms with E-state index in [0.717, 1.165) is 29.7 Å². The van der Waals surface area contributed by atoms with Crippen molar-refractivity contribution in [3.8, 4) is 11.1 Å². The average Bonchev–Trinajstić information content (AvgIpc) is 2.30. The summed E-state index contributed by atoms with van der Waals surface area (Å²) in [6, 6.07) is 9.92. The number of hydrogen-bond donors (Lipinski definition) is 2. The molecule has 17 heavy (non-hydrogen) atoms. The van der Waals surface area contributed by atoms with Crippen molar-refractivity contribution in [2.75, 3.05) is 11.5 Å². The Bertz CT molecular complexity index is 508. The fraction of sp³-hybridized carbons (Fsp3) is 0.231. The summed E-state index contributed by atoms with van der Waals surface area (Å²) in [6.45, 7) is 2.10. The highest BCUT2D eigenvalue weighted by Gasteiger charge is 2.12. The van der Waals surface area contributed by atoms with Gasteiger partial charge >= 0.3 is 0 Å². The van der Waals surface area contributed by atoms with E-state index in [9.17, 15) is 0 Å². The zero-order chi connectivity index (χ0) is 12.3. The molecule has 1 aromatic heterocycles. The summed E-state index contributed by atoms with van der Waals surface area (Å²) in [5.41, 5.74) is 14.4. The predicted molar refractivity (Wildman–Crippen MR) is 70.3 cm³/mol. The van der Waals surface area contributed by atoms with E-state index in [1.54, 1.807) is 0 Å². The van der Waals surface area contributed by atoms with Crippen LogP contribution in [0.2, 0.25) is 0 Å². The third kappa shape index (κ3) is 2.36. The molecule has 2 rings (SSSR count). The monoisotopic (exact) mass is 228 g/mol. The van der Waals surface area contributed by atoms with Gasteiger partial charge in [0.25, 0.3) is 0 Å². The number of nitrogens with two attached hydrogens (primary N) is 2. The fourth-order valence-corrected chi connectivity index (χ4v) is 1.88. The third-order valence-corrected chi connectivity index (χ3v) is 2.58. The van der Waals surface area contributed by atoms with E-state index in [-0.39, 0.29) is 5.95 Å². The third-order valence-electron chi connectivity index (χ3n) is 2.58. The van der Waals surface area contributed by atoms with Gasteiger partial charge in [0.15, 0.2) is 0 Å². The van der Waals surface area contributed by atoms with E-state index in [0.29, 0.717) is 5.82 Å². The van der Waals surface area contributed by atoms with Crippen LogP contribution in [0.5, 0.6) is 0 Å². The van der Waals surface area contributed by atoms with Crippen molar-refractivity contribution in [3.05, 3.63) is 36.0 Å². The molecule has 0 unspecified atom stereocenters. The first-order chi connectivity index (χ1) is 8.22. The molecule has 0 fully saturated rings. The Hall–Kier alpha value is -2.10. The van der Waals surface area contributed by atoms with Crippen LogP contribution in [0.4, 0.5) is 11.8 Å². The summed E-state index contributed by atoms with van der Waals surface area (Å²) >= 11 is 0. The van der Waals surface area contributed by atoms with E-state index in [1.165, 1.54) is 0 Å². The Morgan fingerprint density at radius 1 is 1.06 bits per heavy atom. The second-order valence-electron chi connectivity index (χ2n) is 3.90. The van der Waals surface area contributed by atoms with E-state index in [1.807, 2.05) is 30.3 Å². The first-order valence-corrected chi connectivity index (χ1v) is 5.69. The van der Waals surface area contributed by atoms with Gasteiger partial charge in [0.05, 0.1) is 5.69 Å². The lowest BCUT2D eigenvalue weighted by molar-refractivity contribution is 0.880. The molecule has 0 atom stereocenters. The van der Waals surface area contributed by atoms with Crippen molar-refractivity contribution in [1.82, 2.24) is 9.97 Å². The Morgan fingerprint density at radius 2 is 1.76 bits per heavy atom. The molecule has 0 saturated heterocycles. The van der Waals surface area contributed by atoms with Gasteiger partial charge in [-0.25, -0.2) is 4.98 Å². The van der Waals surface area contributed by atoms with E-state index < -0.39 is 0 Å². The summed E-state index contributed by atoms with van der Waals surface area (Å²) in [7, 11) is 0. The van der Waals surface area contributed by atoms with E-state index in [2.05, 4.69) is 16.9 Å². The first kappa shape index (κ1) is 11.4. The molecule has 4 nitrogen and oxygen atoms in total. The summed E-state index contributed by atoms with van der Waals surface area (Å²) in [4.78, 5) is 8.32. The molecular weight excluding hydrogens is 212 g/mol. The number of hydrogen-bond acceptors (Lipinski definition) is 4. The molecule has 4 heteroatoms.